The van der Waals surface area contributed by atoms with Crippen LogP contribution >= 0.6 is 27.9 Å². The average molecular weight is 557 g/mol. The summed E-state index contributed by atoms with van der Waals surface area (Å²) >= 11 is 4.86. The molecule has 0 radical (unpaired) electrons. The van der Waals surface area contributed by atoms with E-state index in [9.17, 15) is 8.78 Å². The van der Waals surface area contributed by atoms with Gasteiger partial charge in [0.1, 0.15) is 0 Å². The van der Waals surface area contributed by atoms with Crippen molar-refractivity contribution < 1.29 is 18.6 Å². The monoisotopic (exact) mass is 555 g/mol. The van der Waals surface area contributed by atoms with Crippen LogP contribution < -0.4 is 5.14 Å². The number of aliphatic hydroxyl groups excluding tert-OH is 1. The first-order chi connectivity index (χ1) is 15.6. The van der Waals surface area contributed by atoms with E-state index in [1.165, 1.54) is 35.9 Å². The highest BCUT2D eigenvalue weighted by molar-refractivity contribution is 9.10. The lowest BCUT2D eigenvalue weighted by atomic mass is 9.82. The summed E-state index contributed by atoms with van der Waals surface area (Å²) in [6.45, 7) is 18.8. The maximum absolute atomic E-state index is 9.89. The molecule has 7 heteroatoms. The Hall–Kier alpha value is -0.630. The molecule has 1 aliphatic carbocycles. The first-order valence-electron chi connectivity index (χ1n) is 11.9. The van der Waals surface area contributed by atoms with Gasteiger partial charge in [-0.05, 0) is 73.5 Å². The van der Waals surface area contributed by atoms with E-state index in [0.29, 0.717) is 18.4 Å². The minimum atomic E-state index is -3.17. The molecule has 0 saturated heterocycles. The van der Waals surface area contributed by atoms with Crippen LogP contribution in [-0.2, 0) is 11.2 Å². The number of hydrogen-bond acceptors (Lipinski definition) is 4. The highest BCUT2D eigenvalue weighted by Gasteiger charge is 2.36. The van der Waals surface area contributed by atoms with Crippen LogP contribution in [0, 0.1) is 17.8 Å². The van der Waals surface area contributed by atoms with Crippen LogP contribution in [-0.4, -0.2) is 24.6 Å². The molecule has 1 aliphatic rings. The second kappa shape index (κ2) is 23.1. The Kier molecular flexibility index (Phi) is 25.9. The van der Waals surface area contributed by atoms with Gasteiger partial charge in [-0.1, -0.05) is 89.0 Å². The highest BCUT2D eigenvalue weighted by Crippen LogP contribution is 2.46. The summed E-state index contributed by atoms with van der Waals surface area (Å²) in [4.78, 5) is 0. The molecular formula is C26H48BrF2NO2S. The molecule has 33 heavy (non-hydrogen) atoms. The van der Waals surface area contributed by atoms with Crippen LogP contribution in [0.3, 0.4) is 0 Å². The maximum atomic E-state index is 9.89. The predicted molar refractivity (Wildman–Crippen MR) is 147 cm³/mol. The fourth-order valence-corrected chi connectivity index (χ4v) is 4.42. The summed E-state index contributed by atoms with van der Waals surface area (Å²) in [6, 6.07) is 6.68. The fourth-order valence-electron chi connectivity index (χ4n) is 4.04. The van der Waals surface area contributed by atoms with Crippen LogP contribution in [0.25, 0.3) is 0 Å². The molecule has 0 spiro atoms. The van der Waals surface area contributed by atoms with Gasteiger partial charge in [-0.15, -0.1) is 0 Å². The van der Waals surface area contributed by atoms with Gasteiger partial charge in [0, 0.05) is 10.4 Å². The highest BCUT2D eigenvalue weighted by atomic mass is 79.9. The molecule has 0 aromatic heterocycles. The minimum Gasteiger partial charge on any atom is -0.498 e. The molecule has 3 nitrogen and oxygen atoms in total. The van der Waals surface area contributed by atoms with Gasteiger partial charge in [-0.3, -0.25) is 5.14 Å². The van der Waals surface area contributed by atoms with Crippen molar-refractivity contribution in [2.75, 3.05) is 12.9 Å². The van der Waals surface area contributed by atoms with Gasteiger partial charge >= 0.3 is 6.61 Å². The second-order valence-electron chi connectivity index (χ2n) is 7.67. The molecule has 0 amide bonds. The lowest BCUT2D eigenvalue weighted by Gasteiger charge is -2.26. The van der Waals surface area contributed by atoms with E-state index < -0.39 is 6.61 Å². The number of ether oxygens (including phenoxy) is 1. The van der Waals surface area contributed by atoms with Crippen molar-refractivity contribution in [1.29, 1.82) is 0 Å². The average Bonchev–Trinajstić information content (AvgIpc) is 3.07. The summed E-state index contributed by atoms with van der Waals surface area (Å²) in [6.07, 6.45) is 5.52. The lowest BCUT2D eigenvalue weighted by molar-refractivity contribution is -0.0728. The van der Waals surface area contributed by atoms with Crippen molar-refractivity contribution in [2.45, 2.75) is 87.2 Å². The lowest BCUT2D eigenvalue weighted by Crippen LogP contribution is -2.16. The topological polar surface area (TPSA) is 55.5 Å². The number of allylic oxidation sites excluding steroid dienone is 1. The maximum Gasteiger partial charge on any atom is 0.342 e. The van der Waals surface area contributed by atoms with E-state index in [-0.39, 0.29) is 0 Å². The van der Waals surface area contributed by atoms with Crippen molar-refractivity contribution in [2.24, 2.45) is 22.9 Å². The number of aliphatic hydroxyl groups is 1. The van der Waals surface area contributed by atoms with E-state index in [4.69, 9.17) is 15.0 Å². The molecule has 0 aliphatic heterocycles. The van der Waals surface area contributed by atoms with E-state index in [1.54, 1.807) is 0 Å². The molecule has 2 unspecified atom stereocenters. The predicted octanol–water partition coefficient (Wildman–Crippen LogP) is 8.80. The first-order valence-corrected chi connectivity index (χ1v) is 13.9. The molecular weight excluding hydrogens is 508 g/mol. The number of fused-ring (bicyclic) bond motifs is 1. The Bertz CT molecular complexity index is 601. The van der Waals surface area contributed by atoms with Gasteiger partial charge in [0.25, 0.3) is 0 Å². The quantitative estimate of drug-likeness (QED) is 0.260. The zero-order valence-electron chi connectivity index (χ0n) is 22.1. The molecule has 0 saturated carbocycles. The standard InChI is InChI=1S/C20H29BrO.2C2H6.CH2F2O.CH5NS/c1-6-22-15(5)20-17(10-14(4)9-13(2)3)11-16-7-8-18(21)12-19(16)20;2*1-2;2-1(3)4;1-3-2/h7-8,12-14,17,20H,5-6,9-11H2,1-4H3;2*1-2H3;1,4H;2H2,1H3/t14?,17?,20-;;;;/m0..../s1. The van der Waals surface area contributed by atoms with E-state index in [2.05, 4.69) is 61.5 Å². The number of benzene rings is 1. The van der Waals surface area contributed by atoms with Crippen LogP contribution in [0.2, 0.25) is 0 Å². The molecule has 0 heterocycles. The number of nitrogens with two attached hydrogens (primary N) is 1. The zero-order valence-corrected chi connectivity index (χ0v) is 24.5. The third-order valence-corrected chi connectivity index (χ3v) is 5.15. The second-order valence-corrected chi connectivity index (χ2v) is 9.06. The van der Waals surface area contributed by atoms with Crippen LogP contribution in [0.1, 0.15) is 85.3 Å². The molecule has 2 rings (SSSR count). The van der Waals surface area contributed by atoms with Gasteiger partial charge in [0.15, 0.2) is 0 Å². The number of halogens is 3. The molecule has 196 valence electrons. The van der Waals surface area contributed by atoms with Gasteiger partial charge < -0.3 is 9.84 Å². The summed E-state index contributed by atoms with van der Waals surface area (Å²) in [5.41, 5.74) is 2.88. The Balaban J connectivity index is -0.000000698. The first kappa shape index (κ1) is 36.9. The van der Waals surface area contributed by atoms with Crippen LogP contribution in [0.5, 0.6) is 0 Å². The fraction of sp³-hybridized carbons (Fsp3) is 0.692. The Labute approximate surface area is 215 Å². The van der Waals surface area contributed by atoms with E-state index >= 15 is 0 Å². The van der Waals surface area contributed by atoms with Crippen LogP contribution in [0.4, 0.5) is 8.78 Å². The largest absolute Gasteiger partial charge is 0.498 e. The van der Waals surface area contributed by atoms with Crippen LogP contribution in [0.15, 0.2) is 35.0 Å². The van der Waals surface area contributed by atoms with Gasteiger partial charge in [0.05, 0.1) is 12.4 Å². The Morgan fingerprint density at radius 3 is 2.15 bits per heavy atom. The number of hydrogen-bond donors (Lipinski definition) is 2. The molecule has 1 aromatic carbocycles. The molecule has 0 bridgehead atoms. The molecule has 0 fully saturated rings. The molecule has 3 N–H and O–H groups in total. The minimum absolute atomic E-state index is 0.349. The number of alkyl halides is 2. The Morgan fingerprint density at radius 1 is 1.24 bits per heavy atom. The van der Waals surface area contributed by atoms with Gasteiger partial charge in [-0.2, -0.15) is 8.78 Å². The van der Waals surface area contributed by atoms with Crippen molar-refractivity contribution >= 4 is 27.9 Å². The third-order valence-electron chi connectivity index (χ3n) is 4.65. The molecule has 1 aromatic rings. The summed E-state index contributed by atoms with van der Waals surface area (Å²) in [7, 11) is 0. The van der Waals surface area contributed by atoms with Gasteiger partial charge in [0.2, 0.25) is 0 Å². The number of rotatable bonds is 7. The van der Waals surface area contributed by atoms with E-state index in [0.717, 1.165) is 28.5 Å². The van der Waals surface area contributed by atoms with Crippen molar-refractivity contribution in [3.63, 3.8) is 0 Å². The third kappa shape index (κ3) is 17.5. The summed E-state index contributed by atoms with van der Waals surface area (Å²) in [5, 5.41) is 11.5. The van der Waals surface area contributed by atoms with E-state index in [1.807, 2.05) is 40.9 Å². The summed E-state index contributed by atoms with van der Waals surface area (Å²) < 4.78 is 26.7. The Morgan fingerprint density at radius 2 is 1.73 bits per heavy atom. The smallest absolute Gasteiger partial charge is 0.342 e. The van der Waals surface area contributed by atoms with Crippen molar-refractivity contribution in [3.05, 3.63) is 46.1 Å². The normalized spacial score (nSPS) is 16.5. The summed E-state index contributed by atoms with van der Waals surface area (Å²) in [5.74, 6) is 3.43. The molecule has 3 atom stereocenters. The SMILES string of the molecule is C=C(OCC)[C@@H]1c2cc(Br)ccc2CC1CC(C)CC(C)C.CC.CC.CSN.OC(F)F. The van der Waals surface area contributed by atoms with Gasteiger partial charge in [-0.25, -0.2) is 0 Å². The zero-order chi connectivity index (χ0) is 26.6. The van der Waals surface area contributed by atoms with Crippen molar-refractivity contribution in [1.82, 2.24) is 0 Å². The van der Waals surface area contributed by atoms with Crippen molar-refractivity contribution in [3.8, 4) is 0 Å².